The van der Waals surface area contributed by atoms with Gasteiger partial charge in [0.25, 0.3) is 0 Å². The quantitative estimate of drug-likeness (QED) is 0.420. The van der Waals surface area contributed by atoms with Crippen LogP contribution in [0.5, 0.6) is 0 Å². The first-order valence-electron chi connectivity index (χ1n) is 4.59. The van der Waals surface area contributed by atoms with Crippen molar-refractivity contribution in [1.29, 1.82) is 0 Å². The summed E-state index contributed by atoms with van der Waals surface area (Å²) >= 11 is 5.60. The number of hydrogen-bond acceptors (Lipinski definition) is 0. The van der Waals surface area contributed by atoms with Crippen molar-refractivity contribution < 1.29 is 0 Å². The number of alkyl halides is 1. The lowest BCUT2D eigenvalue weighted by Crippen LogP contribution is -1.83. The zero-order chi connectivity index (χ0) is 8.53. The van der Waals surface area contributed by atoms with Crippen molar-refractivity contribution in [2.24, 2.45) is 0 Å². The van der Waals surface area contributed by atoms with Gasteiger partial charge < -0.3 is 0 Å². The van der Waals surface area contributed by atoms with Crippen LogP contribution < -0.4 is 0 Å². The second-order valence-corrected chi connectivity index (χ2v) is 3.22. The van der Waals surface area contributed by atoms with Crippen LogP contribution in [0.2, 0.25) is 0 Å². The smallest absolute Gasteiger partial charge is 0.0258 e. The minimum Gasteiger partial charge on any atom is -0.126 e. The molecule has 0 fully saturated rings. The fourth-order valence-corrected chi connectivity index (χ4v) is 1.34. The fraction of sp³-hybridized carbons (Fsp3) is 0.800. The summed E-state index contributed by atoms with van der Waals surface area (Å²) in [5.74, 6) is 0.761. The Hall–Kier alpha value is 0.0300. The summed E-state index contributed by atoms with van der Waals surface area (Å²) in [4.78, 5) is 0. The Kier molecular flexibility index (Phi) is 8.15. The fourth-order valence-electron chi connectivity index (χ4n) is 1.23. The molecule has 0 saturated carbocycles. The highest BCUT2D eigenvalue weighted by molar-refractivity contribution is 6.17. The first-order valence-corrected chi connectivity index (χ1v) is 5.12. The summed E-state index contributed by atoms with van der Waals surface area (Å²) in [5.41, 5.74) is 1.59. The van der Waals surface area contributed by atoms with Gasteiger partial charge in [-0.1, -0.05) is 38.3 Å². The van der Waals surface area contributed by atoms with Crippen LogP contribution in [-0.4, -0.2) is 5.88 Å². The first-order chi connectivity index (χ1) is 5.35. The van der Waals surface area contributed by atoms with E-state index >= 15 is 0 Å². The summed E-state index contributed by atoms with van der Waals surface area (Å²) < 4.78 is 0. The minimum atomic E-state index is 0.761. The Morgan fingerprint density at radius 3 is 2.09 bits per heavy atom. The van der Waals surface area contributed by atoms with E-state index in [1.807, 2.05) is 0 Å². The van der Waals surface area contributed by atoms with Gasteiger partial charge in [-0.2, -0.15) is 0 Å². The highest BCUT2D eigenvalue weighted by Gasteiger charge is 1.93. The molecular weight excluding hydrogens is 156 g/mol. The van der Waals surface area contributed by atoms with Gasteiger partial charge in [-0.15, -0.1) is 11.6 Å². The Morgan fingerprint density at radius 2 is 1.73 bits per heavy atom. The Labute approximate surface area is 75.6 Å². The SMILES string of the molecule is CCCC(=CCCCl)CCC. The Morgan fingerprint density at radius 1 is 1.18 bits per heavy atom. The molecule has 0 amide bonds. The molecule has 0 radical (unpaired) electrons. The van der Waals surface area contributed by atoms with Gasteiger partial charge in [-0.3, -0.25) is 0 Å². The normalized spacial score (nSPS) is 9.73. The highest BCUT2D eigenvalue weighted by Crippen LogP contribution is 2.12. The average Bonchev–Trinajstić information content (AvgIpc) is 2.01. The van der Waals surface area contributed by atoms with Crippen LogP contribution in [0, 0.1) is 0 Å². The third-order valence-electron chi connectivity index (χ3n) is 1.68. The van der Waals surface area contributed by atoms with Crippen LogP contribution >= 0.6 is 11.6 Å². The molecule has 0 aromatic heterocycles. The van der Waals surface area contributed by atoms with Gasteiger partial charge >= 0.3 is 0 Å². The number of rotatable bonds is 6. The maximum absolute atomic E-state index is 5.60. The summed E-state index contributed by atoms with van der Waals surface area (Å²) in [5, 5.41) is 0. The molecule has 66 valence electrons. The van der Waals surface area contributed by atoms with Gasteiger partial charge in [0, 0.05) is 5.88 Å². The maximum atomic E-state index is 5.60. The van der Waals surface area contributed by atoms with Crippen molar-refractivity contribution in [3.63, 3.8) is 0 Å². The van der Waals surface area contributed by atoms with Crippen LogP contribution in [0.3, 0.4) is 0 Å². The van der Waals surface area contributed by atoms with E-state index in [1.165, 1.54) is 25.7 Å². The molecule has 0 rings (SSSR count). The average molecular weight is 175 g/mol. The van der Waals surface area contributed by atoms with Crippen molar-refractivity contribution in [1.82, 2.24) is 0 Å². The van der Waals surface area contributed by atoms with Crippen molar-refractivity contribution >= 4 is 11.6 Å². The molecule has 0 heterocycles. The Bertz CT molecular complexity index is 97.4. The second-order valence-electron chi connectivity index (χ2n) is 2.84. The number of hydrogen-bond donors (Lipinski definition) is 0. The molecule has 0 aliphatic carbocycles. The van der Waals surface area contributed by atoms with Crippen LogP contribution in [0.1, 0.15) is 46.0 Å². The van der Waals surface area contributed by atoms with E-state index in [0.29, 0.717) is 0 Å². The third-order valence-corrected chi connectivity index (χ3v) is 1.90. The van der Waals surface area contributed by atoms with E-state index in [0.717, 1.165) is 12.3 Å². The summed E-state index contributed by atoms with van der Waals surface area (Å²) in [7, 11) is 0. The van der Waals surface area contributed by atoms with Crippen molar-refractivity contribution in [3.8, 4) is 0 Å². The molecule has 0 bridgehead atoms. The molecule has 0 N–H and O–H groups in total. The van der Waals surface area contributed by atoms with E-state index in [4.69, 9.17) is 11.6 Å². The molecule has 0 aromatic rings. The van der Waals surface area contributed by atoms with Crippen LogP contribution in [0.4, 0.5) is 0 Å². The van der Waals surface area contributed by atoms with E-state index in [9.17, 15) is 0 Å². The molecule has 0 nitrogen and oxygen atoms in total. The van der Waals surface area contributed by atoms with Gasteiger partial charge in [-0.05, 0) is 19.3 Å². The van der Waals surface area contributed by atoms with Crippen LogP contribution in [0.25, 0.3) is 0 Å². The van der Waals surface area contributed by atoms with Gasteiger partial charge in [0.05, 0.1) is 0 Å². The predicted molar refractivity (Wildman–Crippen MR) is 53.2 cm³/mol. The molecule has 0 aliphatic heterocycles. The lowest BCUT2D eigenvalue weighted by atomic mass is 10.0. The van der Waals surface area contributed by atoms with Gasteiger partial charge in [0.15, 0.2) is 0 Å². The second kappa shape index (κ2) is 8.13. The molecule has 1 heteroatoms. The minimum absolute atomic E-state index is 0.761. The number of allylic oxidation sites excluding steroid dienone is 2. The lowest BCUT2D eigenvalue weighted by molar-refractivity contribution is 0.796. The van der Waals surface area contributed by atoms with Crippen molar-refractivity contribution in [2.75, 3.05) is 5.88 Å². The van der Waals surface area contributed by atoms with Crippen molar-refractivity contribution in [3.05, 3.63) is 11.6 Å². The lowest BCUT2D eigenvalue weighted by Gasteiger charge is -2.02. The third kappa shape index (κ3) is 6.43. The summed E-state index contributed by atoms with van der Waals surface area (Å²) in [6, 6.07) is 0. The molecule has 0 spiro atoms. The standard InChI is InChI=1S/C10H19Cl/c1-3-6-10(7-4-2)8-5-9-11/h8H,3-7,9H2,1-2H3. The molecule has 0 unspecified atom stereocenters. The molecule has 0 aliphatic rings. The highest BCUT2D eigenvalue weighted by atomic mass is 35.5. The van der Waals surface area contributed by atoms with Crippen molar-refractivity contribution in [2.45, 2.75) is 46.0 Å². The van der Waals surface area contributed by atoms with Crippen LogP contribution in [0.15, 0.2) is 11.6 Å². The van der Waals surface area contributed by atoms with E-state index in [2.05, 4.69) is 19.9 Å². The maximum Gasteiger partial charge on any atom is 0.0258 e. The zero-order valence-corrected chi connectivity index (χ0v) is 8.45. The monoisotopic (exact) mass is 174 g/mol. The summed E-state index contributed by atoms with van der Waals surface area (Å²) in [6.07, 6.45) is 8.37. The van der Waals surface area contributed by atoms with E-state index in [-0.39, 0.29) is 0 Å². The zero-order valence-electron chi connectivity index (χ0n) is 7.70. The Balaban J connectivity index is 3.66. The first kappa shape index (κ1) is 11.0. The van der Waals surface area contributed by atoms with Gasteiger partial charge in [0.2, 0.25) is 0 Å². The topological polar surface area (TPSA) is 0 Å². The van der Waals surface area contributed by atoms with E-state index in [1.54, 1.807) is 5.57 Å². The van der Waals surface area contributed by atoms with Gasteiger partial charge in [-0.25, -0.2) is 0 Å². The molecule has 0 aromatic carbocycles. The molecule has 11 heavy (non-hydrogen) atoms. The van der Waals surface area contributed by atoms with Crippen LogP contribution in [-0.2, 0) is 0 Å². The largest absolute Gasteiger partial charge is 0.126 e. The van der Waals surface area contributed by atoms with E-state index < -0.39 is 0 Å². The number of halogens is 1. The molecule has 0 atom stereocenters. The predicted octanol–water partition coefficient (Wildman–Crippen LogP) is 4.14. The van der Waals surface area contributed by atoms with Gasteiger partial charge in [0.1, 0.15) is 0 Å². The molecular formula is C10H19Cl. The summed E-state index contributed by atoms with van der Waals surface area (Å²) in [6.45, 7) is 4.45. The molecule has 0 saturated heterocycles.